The molecular formula is C14H9O-. The predicted molar refractivity (Wildman–Crippen MR) is 60.9 cm³/mol. The van der Waals surface area contributed by atoms with Gasteiger partial charge in [0.25, 0.3) is 0 Å². The van der Waals surface area contributed by atoms with E-state index in [1.807, 2.05) is 48.5 Å². The highest BCUT2D eigenvalue weighted by atomic mass is 16.3. The topological polar surface area (TPSA) is 23.1 Å². The Kier molecular flexibility index (Phi) is 1.65. The summed E-state index contributed by atoms with van der Waals surface area (Å²) in [6.07, 6.45) is 0. The highest BCUT2D eigenvalue weighted by Gasteiger charge is 1.98. The van der Waals surface area contributed by atoms with Crippen LogP contribution >= 0.6 is 0 Å². The highest BCUT2D eigenvalue weighted by Crippen LogP contribution is 2.31. The van der Waals surface area contributed by atoms with Crippen LogP contribution in [0.3, 0.4) is 0 Å². The molecule has 3 rings (SSSR count). The Hall–Kier alpha value is -2.02. The monoisotopic (exact) mass is 193 g/mol. The van der Waals surface area contributed by atoms with Gasteiger partial charge in [-0.2, -0.15) is 0 Å². The number of rotatable bonds is 0. The van der Waals surface area contributed by atoms with Gasteiger partial charge in [0.15, 0.2) is 0 Å². The molecule has 72 valence electrons. The quantitative estimate of drug-likeness (QED) is 0.503. The van der Waals surface area contributed by atoms with Crippen LogP contribution in [-0.4, -0.2) is 0 Å². The van der Waals surface area contributed by atoms with Crippen molar-refractivity contribution < 1.29 is 5.11 Å². The van der Waals surface area contributed by atoms with Crippen LogP contribution < -0.4 is 5.11 Å². The van der Waals surface area contributed by atoms with Gasteiger partial charge in [0.05, 0.1) is 0 Å². The summed E-state index contributed by atoms with van der Waals surface area (Å²) in [6.45, 7) is 0. The Morgan fingerprint density at radius 1 is 0.667 bits per heavy atom. The molecule has 0 radical (unpaired) electrons. The van der Waals surface area contributed by atoms with Crippen LogP contribution in [0.15, 0.2) is 54.6 Å². The minimum atomic E-state index is 0.128. The van der Waals surface area contributed by atoms with E-state index in [0.717, 1.165) is 21.5 Å². The second kappa shape index (κ2) is 2.99. The number of hydrogen-bond acceptors (Lipinski definition) is 1. The van der Waals surface area contributed by atoms with Crippen LogP contribution in [0.4, 0.5) is 0 Å². The Morgan fingerprint density at radius 3 is 1.67 bits per heavy atom. The standard InChI is InChI=1S/C14H10O/c15-14-12-7-3-1-5-10(12)9-11-6-2-4-8-13(11)14/h1-9,15H/p-1. The van der Waals surface area contributed by atoms with Crippen LogP contribution in [0.5, 0.6) is 5.75 Å². The van der Waals surface area contributed by atoms with E-state index in [4.69, 9.17) is 0 Å². The highest BCUT2D eigenvalue weighted by molar-refractivity contribution is 6.04. The van der Waals surface area contributed by atoms with Gasteiger partial charge < -0.3 is 5.11 Å². The first kappa shape index (κ1) is 8.30. The lowest BCUT2D eigenvalue weighted by Crippen LogP contribution is -1.92. The van der Waals surface area contributed by atoms with E-state index in [-0.39, 0.29) is 5.75 Å². The van der Waals surface area contributed by atoms with Gasteiger partial charge in [-0.1, -0.05) is 54.3 Å². The summed E-state index contributed by atoms with van der Waals surface area (Å²) in [5.41, 5.74) is 0. The van der Waals surface area contributed by atoms with Crippen LogP contribution in [0.25, 0.3) is 21.5 Å². The summed E-state index contributed by atoms with van der Waals surface area (Å²) in [6, 6.07) is 17.5. The van der Waals surface area contributed by atoms with Crippen molar-refractivity contribution in [2.24, 2.45) is 0 Å². The third kappa shape index (κ3) is 1.17. The molecule has 0 unspecified atom stereocenters. The van der Waals surface area contributed by atoms with Gasteiger partial charge in [-0.25, -0.2) is 0 Å². The molecule has 0 amide bonds. The molecule has 0 fully saturated rings. The zero-order valence-corrected chi connectivity index (χ0v) is 8.10. The molecule has 0 aliphatic heterocycles. The molecule has 1 heteroatoms. The molecule has 0 atom stereocenters. The maximum Gasteiger partial charge on any atom is -0.0184 e. The molecule has 0 aliphatic carbocycles. The van der Waals surface area contributed by atoms with Crippen molar-refractivity contribution in [2.45, 2.75) is 0 Å². The minimum absolute atomic E-state index is 0.128. The van der Waals surface area contributed by atoms with Crippen molar-refractivity contribution in [3.63, 3.8) is 0 Å². The molecule has 1 nitrogen and oxygen atoms in total. The third-order valence-electron chi connectivity index (χ3n) is 2.72. The van der Waals surface area contributed by atoms with Crippen LogP contribution in [0.2, 0.25) is 0 Å². The molecule has 0 aromatic heterocycles. The molecule has 0 saturated carbocycles. The smallest absolute Gasteiger partial charge is 0.0184 e. The summed E-state index contributed by atoms with van der Waals surface area (Å²) in [7, 11) is 0. The van der Waals surface area contributed by atoms with Crippen molar-refractivity contribution in [2.75, 3.05) is 0 Å². The fourth-order valence-electron chi connectivity index (χ4n) is 1.97. The molecule has 0 N–H and O–H groups in total. The van der Waals surface area contributed by atoms with Crippen molar-refractivity contribution >= 4 is 21.5 Å². The lowest BCUT2D eigenvalue weighted by atomic mass is 10.0. The number of benzene rings is 3. The largest absolute Gasteiger partial charge is 0.872 e. The molecule has 0 aliphatic rings. The zero-order valence-electron chi connectivity index (χ0n) is 8.10. The van der Waals surface area contributed by atoms with Crippen LogP contribution in [-0.2, 0) is 0 Å². The normalized spacial score (nSPS) is 10.9. The maximum atomic E-state index is 12.1. The average molecular weight is 193 g/mol. The van der Waals surface area contributed by atoms with E-state index in [1.54, 1.807) is 0 Å². The van der Waals surface area contributed by atoms with E-state index < -0.39 is 0 Å². The van der Waals surface area contributed by atoms with E-state index in [9.17, 15) is 5.11 Å². The van der Waals surface area contributed by atoms with E-state index in [2.05, 4.69) is 6.07 Å². The molecule has 3 aromatic carbocycles. The lowest BCUT2D eigenvalue weighted by molar-refractivity contribution is -0.263. The fourth-order valence-corrected chi connectivity index (χ4v) is 1.97. The molecule has 0 bridgehead atoms. The van der Waals surface area contributed by atoms with E-state index >= 15 is 0 Å². The van der Waals surface area contributed by atoms with Crippen LogP contribution in [0.1, 0.15) is 0 Å². The third-order valence-corrected chi connectivity index (χ3v) is 2.72. The second-order valence-electron chi connectivity index (χ2n) is 3.65. The summed E-state index contributed by atoms with van der Waals surface area (Å²) in [5, 5.41) is 15.7. The average Bonchev–Trinajstić information content (AvgIpc) is 2.30. The van der Waals surface area contributed by atoms with E-state index in [1.165, 1.54) is 0 Å². The Balaban J connectivity index is 2.60. The van der Waals surface area contributed by atoms with Crippen molar-refractivity contribution in [3.8, 4) is 5.75 Å². The molecule has 0 saturated heterocycles. The van der Waals surface area contributed by atoms with Gasteiger partial charge in [-0.15, -0.1) is 0 Å². The van der Waals surface area contributed by atoms with Gasteiger partial charge in [-0.05, 0) is 27.6 Å². The lowest BCUT2D eigenvalue weighted by Gasteiger charge is -2.14. The molecular weight excluding hydrogens is 184 g/mol. The van der Waals surface area contributed by atoms with Gasteiger partial charge in [0.2, 0.25) is 0 Å². The Bertz CT molecular complexity index is 587. The van der Waals surface area contributed by atoms with Gasteiger partial charge in [0.1, 0.15) is 0 Å². The minimum Gasteiger partial charge on any atom is -0.872 e. The Morgan fingerprint density at radius 2 is 1.13 bits per heavy atom. The zero-order chi connectivity index (χ0) is 10.3. The predicted octanol–water partition coefficient (Wildman–Crippen LogP) is 3.07. The summed E-state index contributed by atoms with van der Waals surface area (Å²) in [4.78, 5) is 0. The number of fused-ring (bicyclic) bond motifs is 2. The first-order chi connectivity index (χ1) is 7.36. The summed E-state index contributed by atoms with van der Waals surface area (Å²) in [5.74, 6) is 0.128. The van der Waals surface area contributed by atoms with Gasteiger partial charge >= 0.3 is 0 Å². The molecule has 15 heavy (non-hydrogen) atoms. The number of hydrogen-bond donors (Lipinski definition) is 0. The molecule has 0 heterocycles. The Labute approximate surface area is 87.6 Å². The summed E-state index contributed by atoms with van der Waals surface area (Å²) < 4.78 is 0. The fraction of sp³-hybridized carbons (Fsp3) is 0. The van der Waals surface area contributed by atoms with Gasteiger partial charge in [0, 0.05) is 0 Å². The second-order valence-corrected chi connectivity index (χ2v) is 3.65. The maximum absolute atomic E-state index is 12.1. The molecule has 0 spiro atoms. The first-order valence-corrected chi connectivity index (χ1v) is 4.94. The summed E-state index contributed by atoms with van der Waals surface area (Å²) >= 11 is 0. The van der Waals surface area contributed by atoms with Crippen molar-refractivity contribution in [3.05, 3.63) is 54.6 Å². The first-order valence-electron chi connectivity index (χ1n) is 4.94. The van der Waals surface area contributed by atoms with Gasteiger partial charge in [-0.3, -0.25) is 0 Å². The van der Waals surface area contributed by atoms with Crippen LogP contribution in [0, 0.1) is 0 Å². The van der Waals surface area contributed by atoms with Crippen molar-refractivity contribution in [1.29, 1.82) is 0 Å². The van der Waals surface area contributed by atoms with Crippen molar-refractivity contribution in [1.82, 2.24) is 0 Å². The van der Waals surface area contributed by atoms with E-state index in [0.29, 0.717) is 0 Å². The SMILES string of the molecule is [O-]c1c2ccccc2cc2ccccc12. The molecule has 3 aromatic rings.